The van der Waals surface area contributed by atoms with E-state index in [2.05, 4.69) is 26.3 Å². The van der Waals surface area contributed by atoms with E-state index in [1.54, 1.807) is 45.0 Å². The van der Waals surface area contributed by atoms with Crippen LogP contribution >= 0.6 is 11.3 Å². The number of nitrogens with zero attached hydrogens (tertiary/aromatic N) is 3. The lowest BCUT2D eigenvalue weighted by Gasteiger charge is -2.39. The molecular weight excluding hydrogens is 963 g/mol. The predicted octanol–water partition coefficient (Wildman–Crippen LogP) is 7.15. The molecule has 1 fully saturated rings. The fourth-order valence-electron chi connectivity index (χ4n) is 8.22. The number of likely N-dealkylation sites (N-methyl/N-ethyl adjacent to an activating group) is 1. The second kappa shape index (κ2) is 30.4. The number of esters is 2. The number of nitrogens with one attached hydrogen (secondary N) is 4. The highest BCUT2D eigenvalue weighted by molar-refractivity contribution is 7.09. The molecule has 5 N–H and O–H groups in total. The lowest BCUT2D eigenvalue weighted by atomic mass is 9.92. The number of aromatic nitrogens is 1. The van der Waals surface area contributed by atoms with E-state index in [9.17, 15) is 43.5 Å². The third kappa shape index (κ3) is 21.7. The van der Waals surface area contributed by atoms with E-state index < -0.39 is 90.4 Å². The van der Waals surface area contributed by atoms with Gasteiger partial charge >= 0.3 is 30.1 Å². The van der Waals surface area contributed by atoms with Crippen molar-refractivity contribution in [2.24, 2.45) is 17.8 Å². The van der Waals surface area contributed by atoms with Crippen molar-refractivity contribution in [3.8, 4) is 5.75 Å². The van der Waals surface area contributed by atoms with Crippen molar-refractivity contribution in [3.05, 3.63) is 45.9 Å². The summed E-state index contributed by atoms with van der Waals surface area (Å²) in [7, 11) is 1.89. The Hall–Kier alpha value is -5.83. The molecule has 0 bridgehead atoms. The molecule has 1 aliphatic rings. The molecule has 1 aromatic carbocycles. The first-order valence-corrected chi connectivity index (χ1v) is 26.4. The summed E-state index contributed by atoms with van der Waals surface area (Å²) < 4.78 is 22.2. The monoisotopic (exact) mass is 1040 g/mol. The van der Waals surface area contributed by atoms with Crippen LogP contribution in [0.3, 0.4) is 0 Å². The summed E-state index contributed by atoms with van der Waals surface area (Å²) in [6.07, 6.45) is 3.00. The van der Waals surface area contributed by atoms with Crippen molar-refractivity contribution in [2.75, 3.05) is 33.4 Å². The number of carboxylic acids is 1. The first-order valence-electron chi connectivity index (χ1n) is 25.6. The Morgan fingerprint density at radius 1 is 0.918 bits per heavy atom. The third-order valence-electron chi connectivity index (χ3n) is 12.5. The number of unbranched alkanes of at least 4 members (excludes halogenated alkanes) is 1. The molecule has 0 unspecified atom stereocenters. The molecule has 73 heavy (non-hydrogen) atoms. The number of hydrogen-bond acceptors (Lipinski definition) is 15. The van der Waals surface area contributed by atoms with Gasteiger partial charge < -0.3 is 50.2 Å². The second-order valence-corrected chi connectivity index (χ2v) is 21.1. The number of likely N-dealkylation sites (tertiary alicyclic amines) is 1. The predicted molar refractivity (Wildman–Crippen MR) is 275 cm³/mol. The van der Waals surface area contributed by atoms with E-state index in [0.717, 1.165) is 36.3 Å². The maximum atomic E-state index is 14.9. The number of benzene rings is 1. The Morgan fingerprint density at radius 3 is 2.15 bits per heavy atom. The lowest BCUT2D eigenvalue weighted by molar-refractivity contribution is -0.160. The Labute approximate surface area is 434 Å². The van der Waals surface area contributed by atoms with Gasteiger partial charge in [-0.05, 0) is 109 Å². The average Bonchev–Trinajstić information content (AvgIpc) is 3.81. The molecule has 0 radical (unpaired) electrons. The first kappa shape index (κ1) is 61.5. The van der Waals surface area contributed by atoms with Crippen LogP contribution in [0.1, 0.15) is 161 Å². The number of alkyl carbamates (subject to hydrolysis) is 1. The SMILES string of the molecule is CCCC(=O)OCN(C(=O)[C@@H](NC(=O)[C@H]1CCCCN1C)[C@@H](C)CC)[C@H](C[C@@H](OC(C)=O)c1nc(C(=O)N[C@@H](Cc2ccc(OC(=O)NCCCCNC(=O)OC(C)(C)C)cc2)C[C@H](C)C(=O)O)cs1)C(C)C. The Morgan fingerprint density at radius 2 is 1.58 bits per heavy atom. The normalized spacial score (nSPS) is 16.4. The average molecular weight is 1040 g/mol. The van der Waals surface area contributed by atoms with Crippen LogP contribution in [0.4, 0.5) is 9.59 Å². The van der Waals surface area contributed by atoms with Gasteiger partial charge in [0.2, 0.25) is 11.8 Å². The minimum absolute atomic E-state index is 0.00460. The maximum absolute atomic E-state index is 14.9. The van der Waals surface area contributed by atoms with Crippen LogP contribution in [0.2, 0.25) is 0 Å². The summed E-state index contributed by atoms with van der Waals surface area (Å²) in [6.45, 7) is 18.6. The number of carboxylic acid groups (broad SMARTS) is 1. The number of piperidine rings is 1. The zero-order chi connectivity index (χ0) is 54.4. The van der Waals surface area contributed by atoms with Gasteiger partial charge in [0, 0.05) is 50.3 Å². The number of aliphatic carboxylic acids is 1. The zero-order valence-corrected chi connectivity index (χ0v) is 45.5. The van der Waals surface area contributed by atoms with Crippen LogP contribution < -0.4 is 26.0 Å². The minimum atomic E-state index is -1.05. The largest absolute Gasteiger partial charge is 0.481 e. The van der Waals surface area contributed by atoms with E-state index >= 15 is 0 Å². The van der Waals surface area contributed by atoms with Gasteiger partial charge in [-0.1, -0.05) is 66.5 Å². The molecule has 0 aliphatic carbocycles. The molecule has 0 spiro atoms. The summed E-state index contributed by atoms with van der Waals surface area (Å²) in [5.41, 5.74) is 0.116. The van der Waals surface area contributed by atoms with Gasteiger partial charge in [-0.3, -0.25) is 33.7 Å². The van der Waals surface area contributed by atoms with Crippen molar-refractivity contribution in [1.82, 2.24) is 36.1 Å². The van der Waals surface area contributed by atoms with Gasteiger partial charge in [-0.15, -0.1) is 11.3 Å². The molecule has 3 rings (SSSR count). The van der Waals surface area contributed by atoms with E-state index in [1.165, 1.54) is 24.1 Å². The first-order chi connectivity index (χ1) is 34.4. The number of ether oxygens (including phenoxy) is 4. The van der Waals surface area contributed by atoms with Gasteiger partial charge in [0.1, 0.15) is 28.1 Å². The molecule has 21 heteroatoms. The van der Waals surface area contributed by atoms with Crippen LogP contribution in [-0.4, -0.2) is 131 Å². The number of amides is 5. The van der Waals surface area contributed by atoms with E-state index in [4.69, 9.17) is 18.9 Å². The number of thiazole rings is 1. The lowest BCUT2D eigenvalue weighted by Crippen LogP contribution is -2.59. The molecule has 2 aromatic rings. The number of rotatable bonds is 28. The van der Waals surface area contributed by atoms with Crippen molar-refractivity contribution < 1.29 is 62.4 Å². The van der Waals surface area contributed by atoms with Crippen molar-refractivity contribution in [3.63, 3.8) is 0 Å². The summed E-state index contributed by atoms with van der Waals surface area (Å²) in [4.78, 5) is 112. The molecule has 408 valence electrons. The topological polar surface area (TPSA) is 261 Å². The van der Waals surface area contributed by atoms with E-state index in [0.29, 0.717) is 45.2 Å². The number of carbonyl (C=O) groups excluding carboxylic acids is 7. The molecule has 5 amide bonds. The molecule has 20 nitrogen and oxygen atoms in total. The highest BCUT2D eigenvalue weighted by Crippen LogP contribution is 2.32. The standard InChI is InChI=1S/C52H81N7O13S/c1-12-18-43(61)69-31-59(48(64)44(33(5)13-2)57-46(63)40-19-14-17-26-58(40)11)41(32(3)4)29-42(70-35(7)60)47-56-39(30-73-47)45(62)55-37(27-34(6)49(65)66)28-36-20-22-38(23-21-36)71-50(67)53-24-15-16-25-54-51(68)72-52(8,9)10/h20-23,30,32-34,37,40-42,44H,12-19,24-29,31H2,1-11H3,(H,53,67)(H,54,68)(H,55,62)(H,57,63)(H,65,66)/t33-,34-,37+,40+,41+,42+,44-/m0/s1. The van der Waals surface area contributed by atoms with Gasteiger partial charge in [-0.25, -0.2) is 14.6 Å². The van der Waals surface area contributed by atoms with Crippen LogP contribution in [0.5, 0.6) is 5.75 Å². The highest BCUT2D eigenvalue weighted by Gasteiger charge is 2.39. The van der Waals surface area contributed by atoms with Crippen molar-refractivity contribution in [1.29, 1.82) is 0 Å². The van der Waals surface area contributed by atoms with Gasteiger partial charge in [0.25, 0.3) is 5.91 Å². The molecule has 7 atom stereocenters. The fraction of sp³-hybridized carbons (Fsp3) is 0.673. The number of hydrogen-bond donors (Lipinski definition) is 5. The van der Waals surface area contributed by atoms with E-state index in [1.807, 2.05) is 46.6 Å². The zero-order valence-electron chi connectivity index (χ0n) is 44.7. The third-order valence-corrected chi connectivity index (χ3v) is 13.4. The highest BCUT2D eigenvalue weighted by atomic mass is 32.1. The summed E-state index contributed by atoms with van der Waals surface area (Å²) >= 11 is 1.07. The van der Waals surface area contributed by atoms with Crippen LogP contribution in [0.15, 0.2) is 29.6 Å². The second-order valence-electron chi connectivity index (χ2n) is 20.2. The Bertz CT molecular complexity index is 2130. The molecule has 1 aliphatic heterocycles. The Kier molecular flexibility index (Phi) is 25.6. The van der Waals surface area contributed by atoms with E-state index in [-0.39, 0.29) is 59.9 Å². The number of carbonyl (C=O) groups is 8. The van der Waals surface area contributed by atoms with Crippen molar-refractivity contribution in [2.45, 2.75) is 176 Å². The molecule has 1 aromatic heterocycles. The maximum Gasteiger partial charge on any atom is 0.412 e. The smallest absolute Gasteiger partial charge is 0.412 e. The molecule has 0 saturated carbocycles. The van der Waals surface area contributed by atoms with Gasteiger partial charge in [0.05, 0.1) is 12.0 Å². The van der Waals surface area contributed by atoms with Gasteiger partial charge in [0.15, 0.2) is 12.8 Å². The summed E-state index contributed by atoms with van der Waals surface area (Å²) in [5, 5.41) is 22.9. The van der Waals surface area contributed by atoms with Gasteiger partial charge in [-0.2, -0.15) is 0 Å². The quantitative estimate of drug-likeness (QED) is 0.0245. The minimum Gasteiger partial charge on any atom is -0.481 e. The molecular formula is C52H81N7O13S. The van der Waals surface area contributed by atoms with Crippen LogP contribution in [-0.2, 0) is 44.6 Å². The fourth-order valence-corrected chi connectivity index (χ4v) is 9.06. The molecule has 2 heterocycles. The van der Waals surface area contributed by atoms with Crippen LogP contribution in [0, 0.1) is 17.8 Å². The van der Waals surface area contributed by atoms with Crippen LogP contribution in [0.25, 0.3) is 0 Å². The Balaban J connectivity index is 1.79. The van der Waals surface area contributed by atoms with Crippen molar-refractivity contribution >= 4 is 59.2 Å². The summed E-state index contributed by atoms with van der Waals surface area (Å²) in [5.74, 6) is -4.63. The summed E-state index contributed by atoms with van der Waals surface area (Å²) in [6, 6.07) is 3.85. The molecule has 1 saturated heterocycles.